The summed E-state index contributed by atoms with van der Waals surface area (Å²) >= 11 is 5.52. The van der Waals surface area contributed by atoms with Gasteiger partial charge >= 0.3 is 16.2 Å². The Bertz CT molecular complexity index is 686. The minimum absolute atomic E-state index is 0.0454. The van der Waals surface area contributed by atoms with Crippen molar-refractivity contribution < 1.29 is 36.8 Å². The Hall–Kier alpha value is -0.310. The molecule has 0 rings (SSSR count). The fourth-order valence-corrected chi connectivity index (χ4v) is 6.22. The third-order valence-electron chi connectivity index (χ3n) is 4.85. The Morgan fingerprint density at radius 1 is 0.605 bits per heavy atom. The average molecular weight is 679 g/mol. The average Bonchev–Trinajstić information content (AvgIpc) is 2.88. The number of halogens is 1. The molecule has 0 bridgehead atoms. The van der Waals surface area contributed by atoms with Crippen LogP contribution < -0.4 is 0 Å². The fraction of sp³-hybridized carbons (Fsp3) is 0.933. The van der Waals surface area contributed by atoms with Crippen LogP contribution in [0.4, 0.5) is 0 Å². The predicted octanol–water partition coefficient (Wildman–Crippen LogP) is 8.08. The SMILES string of the molecule is CC(C)CN(CC(C)C)C(=O)CCl.CCOP(=O)(CC(=O)N(CC(C)C)CC(C)C)OCC.CCOP(OCC)OCC. The highest BCUT2D eigenvalue weighted by Crippen LogP contribution is 2.48. The normalized spacial score (nSPS) is 11.5. The maximum absolute atomic E-state index is 12.4. The summed E-state index contributed by atoms with van der Waals surface area (Å²) in [5.74, 6) is 1.74. The van der Waals surface area contributed by atoms with Crippen molar-refractivity contribution in [3.05, 3.63) is 0 Å². The summed E-state index contributed by atoms with van der Waals surface area (Å²) in [6.45, 7) is 31.4. The molecular weight excluding hydrogens is 614 g/mol. The number of hydrogen-bond acceptors (Lipinski definition) is 8. The molecule has 0 aromatic heterocycles. The minimum Gasteiger partial charge on any atom is -0.342 e. The first-order chi connectivity index (χ1) is 20.1. The summed E-state index contributed by atoms with van der Waals surface area (Å²) in [4.78, 5) is 27.4. The molecule has 0 spiro atoms. The second kappa shape index (κ2) is 29.1. The maximum atomic E-state index is 12.4. The summed E-state index contributed by atoms with van der Waals surface area (Å²) in [7, 11) is -4.37. The molecule has 13 heteroatoms. The molecule has 0 aliphatic heterocycles. The van der Waals surface area contributed by atoms with Gasteiger partial charge in [-0.3, -0.25) is 14.2 Å². The molecule has 2 amide bonds. The van der Waals surface area contributed by atoms with Crippen LogP contribution >= 0.6 is 27.8 Å². The van der Waals surface area contributed by atoms with Crippen molar-refractivity contribution >= 4 is 39.6 Å². The molecule has 0 aliphatic carbocycles. The zero-order valence-corrected chi connectivity index (χ0v) is 32.1. The van der Waals surface area contributed by atoms with Gasteiger partial charge in [0.15, 0.2) is 0 Å². The summed E-state index contributed by atoms with van der Waals surface area (Å²) < 4.78 is 38.2. The zero-order valence-electron chi connectivity index (χ0n) is 29.5. The van der Waals surface area contributed by atoms with Gasteiger partial charge in [0.25, 0.3) is 0 Å². The van der Waals surface area contributed by atoms with E-state index in [-0.39, 0.29) is 37.1 Å². The van der Waals surface area contributed by atoms with Gasteiger partial charge in [-0.2, -0.15) is 0 Å². The van der Waals surface area contributed by atoms with E-state index < -0.39 is 16.2 Å². The second-order valence-electron chi connectivity index (χ2n) is 11.4. The summed E-state index contributed by atoms with van der Waals surface area (Å²) in [5, 5.41) is 0. The zero-order chi connectivity index (χ0) is 34.0. The lowest BCUT2D eigenvalue weighted by molar-refractivity contribution is -0.130. The lowest BCUT2D eigenvalue weighted by Crippen LogP contribution is -2.38. The van der Waals surface area contributed by atoms with Gasteiger partial charge < -0.3 is 32.4 Å². The molecule has 0 heterocycles. The first kappa shape index (κ1) is 47.1. The number of amides is 2. The van der Waals surface area contributed by atoms with Crippen LogP contribution in [0.2, 0.25) is 0 Å². The quantitative estimate of drug-likeness (QED) is 0.0887. The van der Waals surface area contributed by atoms with Crippen molar-refractivity contribution in [2.24, 2.45) is 23.7 Å². The van der Waals surface area contributed by atoms with E-state index in [4.69, 9.17) is 34.2 Å². The molecule has 0 N–H and O–H groups in total. The molecule has 10 nitrogen and oxygen atoms in total. The predicted molar refractivity (Wildman–Crippen MR) is 181 cm³/mol. The van der Waals surface area contributed by atoms with Gasteiger partial charge in [-0.1, -0.05) is 55.4 Å². The highest BCUT2D eigenvalue weighted by atomic mass is 35.5. The molecule has 0 saturated carbocycles. The smallest absolute Gasteiger partial charge is 0.340 e. The van der Waals surface area contributed by atoms with Gasteiger partial charge in [0.2, 0.25) is 11.8 Å². The monoisotopic (exact) mass is 678 g/mol. The Morgan fingerprint density at radius 2 is 0.907 bits per heavy atom. The second-order valence-corrected chi connectivity index (χ2v) is 14.9. The van der Waals surface area contributed by atoms with Crippen molar-refractivity contribution in [1.29, 1.82) is 0 Å². The van der Waals surface area contributed by atoms with Gasteiger partial charge in [-0.05, 0) is 58.3 Å². The standard InChI is InChI=1S/C14H30NO4P.C10H20ClNO.C6H15O3P/c1-7-18-20(17,19-8-2)11-14(16)15(9-12(3)4)10-13(5)6;1-8(2)6-12(7-9(3)4)10(13)5-11;1-4-7-10(8-5-2)9-6-3/h12-13H,7-11H2,1-6H3;8-9H,5-7H2,1-4H3;4-6H2,1-3H3. The third kappa shape index (κ3) is 28.9. The number of carbonyl (C=O) groups is 2. The van der Waals surface area contributed by atoms with Crippen LogP contribution in [0.3, 0.4) is 0 Å². The van der Waals surface area contributed by atoms with Crippen molar-refractivity contribution in [2.45, 2.75) is 90.0 Å². The third-order valence-corrected chi connectivity index (χ3v) is 8.44. The van der Waals surface area contributed by atoms with E-state index in [1.54, 1.807) is 18.7 Å². The van der Waals surface area contributed by atoms with Crippen molar-refractivity contribution in [3.63, 3.8) is 0 Å². The van der Waals surface area contributed by atoms with Gasteiger partial charge in [-0.25, -0.2) is 0 Å². The maximum Gasteiger partial charge on any atom is 0.340 e. The molecule has 0 atom stereocenters. The van der Waals surface area contributed by atoms with Crippen LogP contribution in [-0.4, -0.2) is 92.9 Å². The summed E-state index contributed by atoms with van der Waals surface area (Å²) in [6.07, 6.45) is -0.172. The van der Waals surface area contributed by atoms with Crippen LogP contribution in [-0.2, 0) is 36.8 Å². The molecule has 0 aromatic rings. The Labute approximate surface area is 270 Å². The van der Waals surface area contributed by atoms with Crippen LogP contribution in [0, 0.1) is 23.7 Å². The highest BCUT2D eigenvalue weighted by molar-refractivity contribution is 7.54. The minimum atomic E-state index is -3.31. The van der Waals surface area contributed by atoms with Crippen LogP contribution in [0.25, 0.3) is 0 Å². The molecule has 43 heavy (non-hydrogen) atoms. The first-order valence-electron chi connectivity index (χ1n) is 15.7. The number of alkyl halides is 1. The molecule has 260 valence electrons. The first-order valence-corrected chi connectivity index (χ1v) is 19.1. The molecule has 0 radical (unpaired) electrons. The van der Waals surface area contributed by atoms with Crippen molar-refractivity contribution in [2.75, 3.05) is 71.3 Å². The Morgan fingerprint density at radius 3 is 1.14 bits per heavy atom. The number of rotatable bonds is 21. The topological polar surface area (TPSA) is 104 Å². The van der Waals surface area contributed by atoms with E-state index in [1.807, 2.05) is 25.7 Å². The summed E-state index contributed by atoms with van der Waals surface area (Å²) in [6, 6.07) is 0. The lowest BCUT2D eigenvalue weighted by Gasteiger charge is -2.28. The molecule has 0 saturated heterocycles. The molecule has 0 unspecified atom stereocenters. The number of nitrogens with zero attached hydrogens (tertiary/aromatic N) is 2. The number of hydrogen-bond donors (Lipinski definition) is 0. The van der Waals surface area contributed by atoms with Gasteiger partial charge in [0, 0.05) is 26.2 Å². The van der Waals surface area contributed by atoms with Gasteiger partial charge in [0.05, 0.1) is 33.0 Å². The van der Waals surface area contributed by atoms with Crippen molar-refractivity contribution in [1.82, 2.24) is 9.80 Å². The van der Waals surface area contributed by atoms with E-state index in [1.165, 1.54) is 0 Å². The molecular formula is C30H65ClN2O8P2. The Kier molecular flexibility index (Phi) is 31.9. The highest BCUT2D eigenvalue weighted by Gasteiger charge is 2.30. The van der Waals surface area contributed by atoms with Crippen LogP contribution in [0.5, 0.6) is 0 Å². The largest absolute Gasteiger partial charge is 0.342 e. The van der Waals surface area contributed by atoms with E-state index in [9.17, 15) is 14.2 Å². The van der Waals surface area contributed by atoms with Gasteiger partial charge in [0.1, 0.15) is 12.0 Å². The van der Waals surface area contributed by atoms with E-state index in [2.05, 4.69) is 55.4 Å². The molecule has 0 aliphatic rings. The molecule has 0 fully saturated rings. The van der Waals surface area contributed by atoms with Gasteiger partial charge in [-0.15, -0.1) is 11.6 Å². The Balaban J connectivity index is -0.000000600. The van der Waals surface area contributed by atoms with Crippen LogP contribution in [0.15, 0.2) is 0 Å². The van der Waals surface area contributed by atoms with Crippen molar-refractivity contribution in [3.8, 4) is 0 Å². The summed E-state index contributed by atoms with van der Waals surface area (Å²) in [5.41, 5.74) is 0. The number of carbonyl (C=O) groups excluding carboxylic acids is 2. The van der Waals surface area contributed by atoms with E-state index in [0.717, 1.165) is 13.1 Å². The van der Waals surface area contributed by atoms with E-state index >= 15 is 0 Å². The fourth-order valence-electron chi connectivity index (χ4n) is 3.62. The van der Waals surface area contributed by atoms with E-state index in [0.29, 0.717) is 56.6 Å². The molecule has 0 aromatic carbocycles. The van der Waals surface area contributed by atoms with Crippen LogP contribution in [0.1, 0.15) is 90.0 Å². The lowest BCUT2D eigenvalue weighted by atomic mass is 10.1.